The van der Waals surface area contributed by atoms with Crippen LogP contribution in [0.2, 0.25) is 0 Å². The number of hydrogen-bond donors (Lipinski definition) is 2. The van der Waals surface area contributed by atoms with E-state index >= 15 is 0 Å². The number of rotatable bonds is 4. The zero-order valence-corrected chi connectivity index (χ0v) is 14.0. The Morgan fingerprint density at radius 2 is 2.09 bits per heavy atom. The second kappa shape index (κ2) is 6.65. The van der Waals surface area contributed by atoms with Gasteiger partial charge in [0.2, 0.25) is 0 Å². The van der Waals surface area contributed by atoms with Gasteiger partial charge in [-0.1, -0.05) is 6.92 Å². The largest absolute Gasteiger partial charge is 0.354 e. The molecule has 1 aromatic rings. The van der Waals surface area contributed by atoms with Crippen LogP contribution in [-0.2, 0) is 6.42 Å². The molecule has 0 bridgehead atoms. The molecule has 0 aliphatic carbocycles. The number of H-pyrrole nitrogens is 1. The molecule has 0 aromatic carbocycles. The average Bonchev–Trinajstić information content (AvgIpc) is 2.83. The summed E-state index contributed by atoms with van der Waals surface area (Å²) in [5.74, 6) is -0.0125. The quantitative estimate of drug-likeness (QED) is 0.838. The summed E-state index contributed by atoms with van der Waals surface area (Å²) in [7, 11) is 0. The van der Waals surface area contributed by atoms with Gasteiger partial charge in [0.05, 0.1) is 0 Å². The van der Waals surface area contributed by atoms with E-state index in [4.69, 9.17) is 5.73 Å². The minimum absolute atomic E-state index is 0.00652. The van der Waals surface area contributed by atoms with Crippen LogP contribution in [0.15, 0.2) is 0 Å². The molecule has 1 fully saturated rings. The van der Waals surface area contributed by atoms with E-state index in [9.17, 15) is 9.59 Å². The molecule has 1 aliphatic rings. The smallest absolute Gasteiger partial charge is 0.270 e. The van der Waals surface area contributed by atoms with Gasteiger partial charge in [0.25, 0.3) is 5.91 Å². The highest BCUT2D eigenvalue weighted by Crippen LogP contribution is 2.26. The van der Waals surface area contributed by atoms with E-state index in [0.717, 1.165) is 37.1 Å². The van der Waals surface area contributed by atoms with E-state index in [2.05, 4.69) is 4.98 Å². The fourth-order valence-corrected chi connectivity index (χ4v) is 3.59. The summed E-state index contributed by atoms with van der Waals surface area (Å²) in [6.45, 7) is 8.08. The number of aromatic nitrogens is 1. The lowest BCUT2D eigenvalue weighted by molar-refractivity contribution is 0.0577. The Labute approximate surface area is 132 Å². The van der Waals surface area contributed by atoms with Gasteiger partial charge in [-0.2, -0.15) is 0 Å². The first-order valence-corrected chi connectivity index (χ1v) is 8.17. The number of aryl methyl sites for hydroxylation is 1. The normalized spacial score (nSPS) is 20.0. The Morgan fingerprint density at radius 3 is 2.64 bits per heavy atom. The van der Waals surface area contributed by atoms with Crippen LogP contribution in [0, 0.1) is 6.92 Å². The first kappa shape index (κ1) is 16.7. The molecule has 122 valence electrons. The summed E-state index contributed by atoms with van der Waals surface area (Å²) < 4.78 is 0. The Balaban J connectivity index is 2.40. The molecule has 2 unspecified atom stereocenters. The predicted octanol–water partition coefficient (Wildman–Crippen LogP) is 2.43. The molecule has 0 saturated carbocycles. The molecule has 2 rings (SSSR count). The van der Waals surface area contributed by atoms with Crippen LogP contribution in [0.3, 0.4) is 0 Å². The summed E-state index contributed by atoms with van der Waals surface area (Å²) >= 11 is 0. The minimum atomic E-state index is -0.0438. The molecule has 1 aromatic heterocycles. The molecule has 22 heavy (non-hydrogen) atoms. The Bertz CT molecular complexity index is 575. The van der Waals surface area contributed by atoms with Crippen molar-refractivity contribution < 1.29 is 9.59 Å². The number of nitrogens with two attached hydrogens (primary N) is 1. The number of Topliss-reactive ketones (excluding diaryl/α,β-unsaturated/α-hetero) is 1. The lowest BCUT2D eigenvalue weighted by Crippen LogP contribution is -2.51. The number of piperidine rings is 1. The van der Waals surface area contributed by atoms with Crippen molar-refractivity contribution in [1.82, 2.24) is 9.88 Å². The molecule has 0 spiro atoms. The van der Waals surface area contributed by atoms with E-state index < -0.39 is 0 Å². The van der Waals surface area contributed by atoms with Gasteiger partial charge in [-0.25, -0.2) is 0 Å². The number of carbonyl (C=O) groups is 2. The van der Waals surface area contributed by atoms with Crippen molar-refractivity contribution in [3.05, 3.63) is 22.5 Å². The van der Waals surface area contributed by atoms with Crippen molar-refractivity contribution in [3.63, 3.8) is 0 Å². The second-order valence-corrected chi connectivity index (χ2v) is 6.31. The summed E-state index contributed by atoms with van der Waals surface area (Å²) in [5, 5.41) is 0. The topological polar surface area (TPSA) is 79.2 Å². The summed E-state index contributed by atoms with van der Waals surface area (Å²) in [6.07, 6.45) is 3.73. The van der Waals surface area contributed by atoms with Crippen LogP contribution >= 0.6 is 0 Å². The first-order chi connectivity index (χ1) is 10.4. The number of ketones is 1. The molecule has 1 saturated heterocycles. The average molecular weight is 305 g/mol. The van der Waals surface area contributed by atoms with E-state index in [-0.39, 0.29) is 23.8 Å². The predicted molar refractivity (Wildman–Crippen MR) is 87.2 cm³/mol. The molecular formula is C17H27N3O2. The maximum Gasteiger partial charge on any atom is 0.270 e. The molecular weight excluding hydrogens is 278 g/mol. The van der Waals surface area contributed by atoms with Crippen molar-refractivity contribution in [2.45, 2.75) is 65.5 Å². The number of nitrogens with zero attached hydrogens (tertiary/aromatic N) is 1. The first-order valence-electron chi connectivity index (χ1n) is 8.17. The molecule has 5 heteroatoms. The third-order valence-corrected chi connectivity index (χ3v) is 4.63. The van der Waals surface area contributed by atoms with Crippen molar-refractivity contribution >= 4 is 11.7 Å². The number of carbonyl (C=O) groups excluding carboxylic acids is 2. The Hall–Kier alpha value is -1.62. The number of amides is 1. The SMILES string of the molecule is CCc1c(C(=O)N2CCCCC2C(C)N)[nH]c(C)c1C(C)=O. The van der Waals surface area contributed by atoms with Gasteiger partial charge in [0, 0.05) is 29.9 Å². The Morgan fingerprint density at radius 1 is 1.41 bits per heavy atom. The van der Waals surface area contributed by atoms with Crippen LogP contribution in [0.25, 0.3) is 0 Å². The summed E-state index contributed by atoms with van der Waals surface area (Å²) in [4.78, 5) is 29.9. The highest BCUT2D eigenvalue weighted by atomic mass is 16.2. The lowest BCUT2D eigenvalue weighted by atomic mass is 9.95. The van der Waals surface area contributed by atoms with Crippen LogP contribution in [0.1, 0.15) is 72.1 Å². The molecule has 3 N–H and O–H groups in total. The van der Waals surface area contributed by atoms with Crippen LogP contribution in [-0.4, -0.2) is 40.2 Å². The molecule has 1 amide bonds. The maximum atomic E-state index is 13.0. The van der Waals surface area contributed by atoms with E-state index in [1.165, 1.54) is 0 Å². The number of likely N-dealkylation sites (tertiary alicyclic amines) is 1. The number of hydrogen-bond acceptors (Lipinski definition) is 3. The fourth-order valence-electron chi connectivity index (χ4n) is 3.59. The number of aromatic amines is 1. The van der Waals surface area contributed by atoms with Crippen molar-refractivity contribution in [2.24, 2.45) is 5.73 Å². The van der Waals surface area contributed by atoms with Gasteiger partial charge in [-0.3, -0.25) is 9.59 Å². The van der Waals surface area contributed by atoms with E-state index in [0.29, 0.717) is 17.7 Å². The van der Waals surface area contributed by atoms with Crippen molar-refractivity contribution in [2.75, 3.05) is 6.54 Å². The van der Waals surface area contributed by atoms with Crippen LogP contribution in [0.4, 0.5) is 0 Å². The second-order valence-electron chi connectivity index (χ2n) is 6.31. The van der Waals surface area contributed by atoms with Gasteiger partial charge in [0.1, 0.15) is 5.69 Å². The molecule has 1 aliphatic heterocycles. The van der Waals surface area contributed by atoms with Crippen molar-refractivity contribution in [1.29, 1.82) is 0 Å². The lowest BCUT2D eigenvalue weighted by Gasteiger charge is -2.38. The van der Waals surface area contributed by atoms with Crippen LogP contribution < -0.4 is 5.73 Å². The summed E-state index contributed by atoms with van der Waals surface area (Å²) in [5.41, 5.74) is 8.92. The van der Waals surface area contributed by atoms with E-state index in [1.807, 2.05) is 25.7 Å². The maximum absolute atomic E-state index is 13.0. The third kappa shape index (κ3) is 2.95. The Kier molecular flexibility index (Phi) is 5.06. The molecule has 5 nitrogen and oxygen atoms in total. The number of nitrogens with one attached hydrogen (secondary N) is 1. The van der Waals surface area contributed by atoms with Gasteiger partial charge in [-0.05, 0) is 52.0 Å². The van der Waals surface area contributed by atoms with Crippen molar-refractivity contribution in [3.8, 4) is 0 Å². The zero-order valence-electron chi connectivity index (χ0n) is 14.0. The van der Waals surface area contributed by atoms with E-state index in [1.54, 1.807) is 6.92 Å². The van der Waals surface area contributed by atoms with Gasteiger partial charge in [0.15, 0.2) is 5.78 Å². The minimum Gasteiger partial charge on any atom is -0.354 e. The molecule has 0 radical (unpaired) electrons. The van der Waals surface area contributed by atoms with Crippen LogP contribution in [0.5, 0.6) is 0 Å². The summed E-state index contributed by atoms with van der Waals surface area (Å²) in [6, 6.07) is 0.0352. The fraction of sp³-hybridized carbons (Fsp3) is 0.647. The highest BCUT2D eigenvalue weighted by Gasteiger charge is 2.32. The standard InChI is InChI=1S/C17H27N3O2/c1-5-13-15(12(4)21)11(3)19-16(13)17(22)20-9-7-6-8-14(20)10(2)18/h10,14,19H,5-9,18H2,1-4H3. The monoisotopic (exact) mass is 305 g/mol. The highest BCUT2D eigenvalue weighted by molar-refractivity contribution is 6.02. The zero-order chi connectivity index (χ0) is 16.4. The van der Waals surface area contributed by atoms with Gasteiger partial charge >= 0.3 is 0 Å². The third-order valence-electron chi connectivity index (χ3n) is 4.63. The van der Waals surface area contributed by atoms with Gasteiger partial charge in [-0.15, -0.1) is 0 Å². The van der Waals surface area contributed by atoms with Gasteiger partial charge < -0.3 is 15.6 Å². The molecule has 2 heterocycles. The molecule has 2 atom stereocenters.